The Hall–Kier alpha value is -2.58. The van der Waals surface area contributed by atoms with Gasteiger partial charge in [0, 0.05) is 11.6 Å². The first-order valence-electron chi connectivity index (χ1n) is 8.85. The molecular weight excluding hydrogens is 407 g/mol. The van der Waals surface area contributed by atoms with E-state index in [1.165, 1.54) is 18.2 Å². The quantitative estimate of drug-likeness (QED) is 0.670. The molecule has 1 fully saturated rings. The number of para-hydroxylation sites is 1. The van der Waals surface area contributed by atoms with Gasteiger partial charge in [0.05, 0.1) is 16.8 Å². The molecule has 1 aliphatic heterocycles. The van der Waals surface area contributed by atoms with Crippen LogP contribution in [0.5, 0.6) is 0 Å². The van der Waals surface area contributed by atoms with Crippen molar-refractivity contribution in [2.24, 2.45) is 11.8 Å². The van der Waals surface area contributed by atoms with Crippen LogP contribution in [-0.2, 0) is 11.0 Å². The SMILES string of the molecule is CC(C(=O)Nc1ccccc1C(=O)Nc1cccc(C(F)(F)F)c1)C1CNC1.Cl. The summed E-state index contributed by atoms with van der Waals surface area (Å²) in [6.45, 7) is 3.37. The van der Waals surface area contributed by atoms with Crippen molar-refractivity contribution < 1.29 is 22.8 Å². The van der Waals surface area contributed by atoms with Crippen LogP contribution in [0, 0.1) is 11.8 Å². The van der Waals surface area contributed by atoms with Crippen LogP contribution in [0.2, 0.25) is 0 Å². The van der Waals surface area contributed by atoms with E-state index in [0.717, 1.165) is 25.2 Å². The molecule has 1 heterocycles. The summed E-state index contributed by atoms with van der Waals surface area (Å²) in [6, 6.07) is 10.8. The standard InChI is InChI=1S/C20H20F3N3O2.ClH/c1-12(13-10-24-11-13)18(27)26-17-8-3-2-7-16(17)19(28)25-15-6-4-5-14(9-15)20(21,22)23;/h2-9,12-13,24H,10-11H2,1H3,(H,25,28)(H,26,27);1H. The lowest BCUT2D eigenvalue weighted by Gasteiger charge is -2.31. The number of alkyl halides is 3. The summed E-state index contributed by atoms with van der Waals surface area (Å²) in [5, 5.41) is 8.32. The lowest BCUT2D eigenvalue weighted by Crippen LogP contribution is -2.48. The van der Waals surface area contributed by atoms with E-state index in [1.807, 2.05) is 6.92 Å². The van der Waals surface area contributed by atoms with E-state index in [1.54, 1.807) is 18.2 Å². The van der Waals surface area contributed by atoms with Crippen molar-refractivity contribution in [2.75, 3.05) is 23.7 Å². The number of benzene rings is 2. The van der Waals surface area contributed by atoms with E-state index in [0.29, 0.717) is 5.69 Å². The third-order valence-electron chi connectivity index (χ3n) is 4.81. The van der Waals surface area contributed by atoms with Crippen LogP contribution in [0.3, 0.4) is 0 Å². The maximum Gasteiger partial charge on any atom is 0.416 e. The van der Waals surface area contributed by atoms with Crippen molar-refractivity contribution in [3.05, 3.63) is 59.7 Å². The van der Waals surface area contributed by atoms with E-state index >= 15 is 0 Å². The number of rotatable bonds is 5. The fourth-order valence-corrected chi connectivity index (χ4v) is 2.89. The number of carbonyl (C=O) groups excluding carboxylic acids is 2. The summed E-state index contributed by atoms with van der Waals surface area (Å²) in [7, 11) is 0. The Morgan fingerprint density at radius 3 is 2.38 bits per heavy atom. The van der Waals surface area contributed by atoms with E-state index in [9.17, 15) is 22.8 Å². The number of hydrogen-bond acceptors (Lipinski definition) is 3. The maximum atomic E-state index is 12.8. The second kappa shape index (κ2) is 9.28. The highest BCUT2D eigenvalue weighted by Crippen LogP contribution is 2.31. The Kier molecular flexibility index (Phi) is 7.26. The van der Waals surface area contributed by atoms with Gasteiger partial charge in [-0.2, -0.15) is 13.2 Å². The Labute approximate surface area is 172 Å². The van der Waals surface area contributed by atoms with Crippen LogP contribution in [0.4, 0.5) is 24.5 Å². The summed E-state index contributed by atoms with van der Waals surface area (Å²) in [6.07, 6.45) is -4.50. The van der Waals surface area contributed by atoms with E-state index in [2.05, 4.69) is 16.0 Å². The minimum absolute atomic E-state index is 0. The molecule has 2 amide bonds. The summed E-state index contributed by atoms with van der Waals surface area (Å²) in [5.74, 6) is -0.786. The molecule has 2 aromatic rings. The summed E-state index contributed by atoms with van der Waals surface area (Å²) in [5.41, 5.74) is -0.340. The minimum atomic E-state index is -4.50. The van der Waals surface area contributed by atoms with Gasteiger partial charge >= 0.3 is 6.18 Å². The monoisotopic (exact) mass is 427 g/mol. The van der Waals surface area contributed by atoms with Crippen molar-refractivity contribution >= 4 is 35.6 Å². The molecule has 2 aromatic carbocycles. The zero-order valence-electron chi connectivity index (χ0n) is 15.5. The number of amides is 2. The fraction of sp³-hybridized carbons (Fsp3) is 0.300. The largest absolute Gasteiger partial charge is 0.416 e. The maximum absolute atomic E-state index is 12.8. The molecule has 1 aliphatic rings. The number of nitrogens with one attached hydrogen (secondary N) is 3. The van der Waals surface area contributed by atoms with Crippen LogP contribution in [0.15, 0.2) is 48.5 Å². The van der Waals surface area contributed by atoms with E-state index in [-0.39, 0.29) is 41.4 Å². The van der Waals surface area contributed by atoms with Gasteiger partial charge < -0.3 is 16.0 Å². The molecule has 0 aliphatic carbocycles. The third-order valence-corrected chi connectivity index (χ3v) is 4.81. The van der Waals surface area contributed by atoms with E-state index < -0.39 is 17.6 Å². The summed E-state index contributed by atoms with van der Waals surface area (Å²) >= 11 is 0. The first kappa shape index (κ1) is 22.7. The number of anilines is 2. The molecule has 0 aromatic heterocycles. The topological polar surface area (TPSA) is 70.2 Å². The van der Waals surface area contributed by atoms with Crippen molar-refractivity contribution in [3.8, 4) is 0 Å². The van der Waals surface area contributed by atoms with Gasteiger partial charge in [-0.1, -0.05) is 25.1 Å². The molecule has 0 saturated carbocycles. The highest BCUT2D eigenvalue weighted by molar-refractivity contribution is 6.10. The van der Waals surface area contributed by atoms with Crippen LogP contribution < -0.4 is 16.0 Å². The van der Waals surface area contributed by atoms with Crippen LogP contribution in [0.25, 0.3) is 0 Å². The van der Waals surface area contributed by atoms with Gasteiger partial charge in [0.15, 0.2) is 0 Å². The average molecular weight is 428 g/mol. The van der Waals surface area contributed by atoms with Gasteiger partial charge in [-0.3, -0.25) is 9.59 Å². The molecule has 0 spiro atoms. The van der Waals surface area contributed by atoms with Gasteiger partial charge in [-0.15, -0.1) is 12.4 Å². The smallest absolute Gasteiger partial charge is 0.325 e. The van der Waals surface area contributed by atoms with Gasteiger partial charge in [-0.25, -0.2) is 0 Å². The van der Waals surface area contributed by atoms with Crippen molar-refractivity contribution in [3.63, 3.8) is 0 Å². The van der Waals surface area contributed by atoms with Gasteiger partial charge in [-0.05, 0) is 49.3 Å². The predicted octanol–water partition coefficient (Wildman–Crippen LogP) is 4.17. The summed E-state index contributed by atoms with van der Waals surface area (Å²) < 4.78 is 38.5. The van der Waals surface area contributed by atoms with Crippen molar-refractivity contribution in [1.29, 1.82) is 0 Å². The van der Waals surface area contributed by atoms with Gasteiger partial charge in [0.2, 0.25) is 5.91 Å². The normalized spacial score (nSPS) is 14.9. The Morgan fingerprint density at radius 2 is 1.76 bits per heavy atom. The third kappa shape index (κ3) is 5.48. The van der Waals surface area contributed by atoms with Crippen LogP contribution in [-0.4, -0.2) is 24.9 Å². The number of hydrogen-bond donors (Lipinski definition) is 3. The molecule has 5 nitrogen and oxygen atoms in total. The molecule has 156 valence electrons. The average Bonchev–Trinajstić information content (AvgIpc) is 2.60. The Morgan fingerprint density at radius 1 is 1.07 bits per heavy atom. The summed E-state index contributed by atoms with van der Waals surface area (Å²) in [4.78, 5) is 25.0. The van der Waals surface area contributed by atoms with Crippen molar-refractivity contribution in [2.45, 2.75) is 13.1 Å². The molecule has 29 heavy (non-hydrogen) atoms. The molecule has 9 heteroatoms. The van der Waals surface area contributed by atoms with Gasteiger partial charge in [0.25, 0.3) is 5.91 Å². The highest BCUT2D eigenvalue weighted by atomic mass is 35.5. The van der Waals surface area contributed by atoms with Crippen LogP contribution in [0.1, 0.15) is 22.8 Å². The first-order chi connectivity index (χ1) is 13.3. The highest BCUT2D eigenvalue weighted by Gasteiger charge is 2.31. The zero-order valence-corrected chi connectivity index (χ0v) is 16.4. The Bertz CT molecular complexity index is 885. The molecule has 1 unspecified atom stereocenters. The molecule has 0 radical (unpaired) electrons. The molecule has 0 bridgehead atoms. The van der Waals surface area contributed by atoms with E-state index in [4.69, 9.17) is 0 Å². The molecule has 3 rings (SSSR count). The molecule has 3 N–H and O–H groups in total. The Balaban J connectivity index is 0.00000300. The lowest BCUT2D eigenvalue weighted by atomic mass is 9.88. The fourth-order valence-electron chi connectivity index (χ4n) is 2.89. The molecular formula is C20H21ClF3N3O2. The first-order valence-corrected chi connectivity index (χ1v) is 8.85. The lowest BCUT2D eigenvalue weighted by molar-refractivity contribution is -0.137. The van der Waals surface area contributed by atoms with Crippen molar-refractivity contribution in [1.82, 2.24) is 5.32 Å². The second-order valence-corrected chi connectivity index (χ2v) is 6.77. The zero-order chi connectivity index (χ0) is 20.3. The molecule has 1 saturated heterocycles. The predicted molar refractivity (Wildman–Crippen MR) is 107 cm³/mol. The minimum Gasteiger partial charge on any atom is -0.325 e. The second-order valence-electron chi connectivity index (χ2n) is 6.77. The van der Waals surface area contributed by atoms with Crippen LogP contribution >= 0.6 is 12.4 Å². The molecule has 1 atom stereocenters. The van der Waals surface area contributed by atoms with Gasteiger partial charge in [0.1, 0.15) is 0 Å². The number of carbonyl (C=O) groups is 2. The number of halogens is 4.